The SMILES string of the molecule is CNC1CCC(C2C[C@@]3(C)C(CC[C@]3(OC(C)=O)C(=O)OC)C3CCC4=CC(=O)CCC4=C23)CC1. The molecule has 1 N–H and O–H groups in total. The molecule has 0 radical (unpaired) electrons. The maximum atomic E-state index is 13.4. The first kappa shape index (κ1) is 24.7. The van der Waals surface area contributed by atoms with Gasteiger partial charge in [0.05, 0.1) is 7.11 Å². The van der Waals surface area contributed by atoms with Crippen LogP contribution in [0.1, 0.15) is 84.5 Å². The second-order valence-corrected chi connectivity index (χ2v) is 11.9. The van der Waals surface area contributed by atoms with Crippen molar-refractivity contribution in [1.82, 2.24) is 5.32 Å². The van der Waals surface area contributed by atoms with Gasteiger partial charge < -0.3 is 14.8 Å². The number of fused-ring (bicyclic) bond motifs is 4. The third-order valence-corrected chi connectivity index (χ3v) is 10.5. The molecule has 0 aromatic rings. The number of rotatable bonds is 4. The number of nitrogens with one attached hydrogen (secondary N) is 1. The van der Waals surface area contributed by atoms with Crippen LogP contribution >= 0.6 is 0 Å². The van der Waals surface area contributed by atoms with E-state index < -0.39 is 23.0 Å². The third-order valence-electron chi connectivity index (χ3n) is 10.5. The summed E-state index contributed by atoms with van der Waals surface area (Å²) in [7, 11) is 3.46. The fourth-order valence-electron chi connectivity index (χ4n) is 8.90. The fraction of sp³-hybridized carbons (Fsp3) is 0.759. The van der Waals surface area contributed by atoms with E-state index in [1.165, 1.54) is 38.0 Å². The highest BCUT2D eigenvalue weighted by Gasteiger charge is 2.69. The van der Waals surface area contributed by atoms with E-state index in [4.69, 9.17) is 9.47 Å². The summed E-state index contributed by atoms with van der Waals surface area (Å²) in [5.41, 5.74) is 2.63. The van der Waals surface area contributed by atoms with Gasteiger partial charge in [-0.3, -0.25) is 9.59 Å². The van der Waals surface area contributed by atoms with E-state index in [9.17, 15) is 14.4 Å². The molecule has 3 fully saturated rings. The van der Waals surface area contributed by atoms with Gasteiger partial charge in [0.25, 0.3) is 0 Å². The minimum absolute atomic E-state index is 0.259. The Labute approximate surface area is 209 Å². The van der Waals surface area contributed by atoms with Gasteiger partial charge in [-0.15, -0.1) is 0 Å². The smallest absolute Gasteiger partial charge is 0.350 e. The number of hydrogen-bond acceptors (Lipinski definition) is 6. The molecule has 5 aliphatic rings. The molecule has 6 nitrogen and oxygen atoms in total. The Bertz CT molecular complexity index is 974. The van der Waals surface area contributed by atoms with Crippen LogP contribution in [0.3, 0.4) is 0 Å². The zero-order valence-electron chi connectivity index (χ0n) is 21.8. The standard InChI is InChI=1S/C29H41NO5/c1-17(31)35-29(27(33)34-4)14-13-25-23-11-7-19-15-21(32)10-12-22(19)26(23)24(16-28(25,29)2)18-5-8-20(30-3)9-6-18/h15,18,20,23-25,30H,5-14,16H2,1-4H3/t18?,20?,23?,24?,25?,28-,29-/m0/s1. The summed E-state index contributed by atoms with van der Waals surface area (Å²) in [5.74, 6) is 1.00. The van der Waals surface area contributed by atoms with E-state index in [1.807, 2.05) is 6.08 Å². The molecule has 0 aromatic heterocycles. The molecule has 0 aromatic carbocycles. The van der Waals surface area contributed by atoms with Crippen molar-refractivity contribution in [1.29, 1.82) is 0 Å². The van der Waals surface area contributed by atoms with Crippen LogP contribution in [0.5, 0.6) is 0 Å². The molecule has 5 rings (SSSR count). The van der Waals surface area contributed by atoms with Gasteiger partial charge in [-0.25, -0.2) is 4.79 Å². The predicted octanol–water partition coefficient (Wildman–Crippen LogP) is 4.67. The lowest BCUT2D eigenvalue weighted by Gasteiger charge is -2.56. The molecule has 0 aliphatic heterocycles. The second kappa shape index (κ2) is 9.17. The maximum Gasteiger partial charge on any atom is 0.350 e. The molecule has 5 atom stereocenters. The normalized spacial score (nSPS) is 40.9. The molecule has 0 spiro atoms. The lowest BCUT2D eigenvalue weighted by atomic mass is 9.49. The first-order valence-electron chi connectivity index (χ1n) is 13.7. The number of hydrogen-bond donors (Lipinski definition) is 1. The van der Waals surface area contributed by atoms with Crippen LogP contribution in [0.4, 0.5) is 0 Å². The van der Waals surface area contributed by atoms with Crippen molar-refractivity contribution in [2.24, 2.45) is 29.1 Å². The van der Waals surface area contributed by atoms with Crippen molar-refractivity contribution in [2.45, 2.75) is 96.1 Å². The predicted molar refractivity (Wildman–Crippen MR) is 132 cm³/mol. The topological polar surface area (TPSA) is 81.7 Å². The van der Waals surface area contributed by atoms with Gasteiger partial charge in [0.15, 0.2) is 5.78 Å². The van der Waals surface area contributed by atoms with Gasteiger partial charge in [0.1, 0.15) is 0 Å². The molecular formula is C29H41NO5. The minimum Gasteiger partial charge on any atom is -0.466 e. The molecule has 5 aliphatic carbocycles. The highest BCUT2D eigenvalue weighted by atomic mass is 16.6. The van der Waals surface area contributed by atoms with Crippen LogP contribution in [0.2, 0.25) is 0 Å². The van der Waals surface area contributed by atoms with Gasteiger partial charge in [-0.2, -0.15) is 0 Å². The highest BCUT2D eigenvalue weighted by molar-refractivity contribution is 5.93. The van der Waals surface area contributed by atoms with E-state index >= 15 is 0 Å². The van der Waals surface area contributed by atoms with Gasteiger partial charge in [-0.1, -0.05) is 12.5 Å². The summed E-state index contributed by atoms with van der Waals surface area (Å²) >= 11 is 0. The van der Waals surface area contributed by atoms with Gasteiger partial charge in [0.2, 0.25) is 5.60 Å². The minimum atomic E-state index is -1.21. The van der Waals surface area contributed by atoms with Crippen LogP contribution in [0, 0.1) is 29.1 Å². The Morgan fingerprint density at radius 3 is 2.43 bits per heavy atom. The summed E-state index contributed by atoms with van der Waals surface area (Å²) in [6.45, 7) is 3.61. The average Bonchev–Trinajstić information content (AvgIpc) is 3.14. The molecule has 0 amide bonds. The van der Waals surface area contributed by atoms with Crippen LogP contribution in [0.25, 0.3) is 0 Å². The van der Waals surface area contributed by atoms with Gasteiger partial charge in [-0.05, 0) is 112 Å². The van der Waals surface area contributed by atoms with Gasteiger partial charge >= 0.3 is 11.9 Å². The van der Waals surface area contributed by atoms with Crippen molar-refractivity contribution >= 4 is 17.7 Å². The summed E-state index contributed by atoms with van der Waals surface area (Å²) in [5, 5.41) is 3.46. The van der Waals surface area contributed by atoms with E-state index in [0.29, 0.717) is 36.6 Å². The highest BCUT2D eigenvalue weighted by Crippen LogP contribution is 2.67. The number of esters is 2. The number of carbonyl (C=O) groups is 3. The van der Waals surface area contributed by atoms with Crippen molar-refractivity contribution in [2.75, 3.05) is 14.2 Å². The zero-order chi connectivity index (χ0) is 25.0. The molecule has 6 heteroatoms. The number of ketones is 1. The summed E-state index contributed by atoms with van der Waals surface area (Å²) < 4.78 is 11.3. The number of methoxy groups -OCH3 is 1. The maximum absolute atomic E-state index is 13.4. The van der Waals surface area contributed by atoms with E-state index in [2.05, 4.69) is 19.3 Å². The Hall–Kier alpha value is -1.95. The van der Waals surface area contributed by atoms with Crippen molar-refractivity contribution < 1.29 is 23.9 Å². The Kier molecular flexibility index (Phi) is 6.48. The Morgan fingerprint density at radius 1 is 1.03 bits per heavy atom. The first-order valence-corrected chi connectivity index (χ1v) is 13.7. The molecule has 0 bridgehead atoms. The molecule has 192 valence electrons. The van der Waals surface area contributed by atoms with E-state index in [0.717, 1.165) is 44.9 Å². The molecule has 3 saturated carbocycles. The summed E-state index contributed by atoms with van der Waals surface area (Å²) in [4.78, 5) is 37.9. The molecular weight excluding hydrogens is 442 g/mol. The molecule has 0 heterocycles. The monoisotopic (exact) mass is 483 g/mol. The molecule has 3 unspecified atom stereocenters. The van der Waals surface area contributed by atoms with Crippen LogP contribution in [-0.4, -0.2) is 43.5 Å². The number of carbonyl (C=O) groups excluding carboxylic acids is 3. The lowest BCUT2D eigenvalue weighted by molar-refractivity contribution is -0.200. The van der Waals surface area contributed by atoms with Crippen molar-refractivity contribution in [3.05, 3.63) is 22.8 Å². The molecule has 0 saturated heterocycles. The van der Waals surface area contributed by atoms with E-state index in [-0.39, 0.29) is 11.7 Å². The quantitative estimate of drug-likeness (QED) is 0.585. The third kappa shape index (κ3) is 3.82. The number of allylic oxidation sites excluding steroid dienone is 4. The van der Waals surface area contributed by atoms with Crippen LogP contribution < -0.4 is 5.32 Å². The Balaban J connectivity index is 1.61. The van der Waals surface area contributed by atoms with Crippen LogP contribution in [-0.2, 0) is 23.9 Å². The van der Waals surface area contributed by atoms with Crippen molar-refractivity contribution in [3.63, 3.8) is 0 Å². The summed E-state index contributed by atoms with van der Waals surface area (Å²) in [6, 6.07) is 0.572. The van der Waals surface area contributed by atoms with E-state index in [1.54, 1.807) is 5.57 Å². The number of ether oxygens (including phenoxy) is 2. The second-order valence-electron chi connectivity index (χ2n) is 11.9. The van der Waals surface area contributed by atoms with Gasteiger partial charge in [0, 0.05) is 24.8 Å². The van der Waals surface area contributed by atoms with Crippen molar-refractivity contribution in [3.8, 4) is 0 Å². The largest absolute Gasteiger partial charge is 0.466 e. The summed E-state index contributed by atoms with van der Waals surface area (Å²) in [6.07, 6.45) is 12.2. The molecule has 35 heavy (non-hydrogen) atoms. The zero-order valence-corrected chi connectivity index (χ0v) is 21.8. The first-order chi connectivity index (χ1) is 16.7. The fourth-order valence-corrected chi connectivity index (χ4v) is 8.90. The lowest BCUT2D eigenvalue weighted by Crippen LogP contribution is -2.59. The van der Waals surface area contributed by atoms with Crippen LogP contribution in [0.15, 0.2) is 22.8 Å². The average molecular weight is 484 g/mol. The Morgan fingerprint density at radius 2 is 1.77 bits per heavy atom.